The lowest BCUT2D eigenvalue weighted by Gasteiger charge is -2.48. The number of carbonyl (C=O) groups is 1. The summed E-state index contributed by atoms with van der Waals surface area (Å²) in [5.41, 5.74) is 0.882. The molecule has 2 saturated heterocycles. The Balaban J connectivity index is 0.00000442. The second-order valence-corrected chi connectivity index (χ2v) is 15.3. The number of rotatable bonds is 10. The minimum Gasteiger partial charge on any atom is -0.371 e. The number of hydrogen-bond acceptors (Lipinski definition) is 6. The van der Waals surface area contributed by atoms with E-state index in [0.29, 0.717) is 10.8 Å². The predicted octanol–water partition coefficient (Wildman–Crippen LogP) is 5.33. The average Bonchev–Trinajstić information content (AvgIpc) is 3.44. The van der Waals surface area contributed by atoms with Crippen molar-refractivity contribution in [1.82, 2.24) is 10.2 Å². The largest absolute Gasteiger partial charge is 0.371 e. The first-order chi connectivity index (χ1) is 20.6. The summed E-state index contributed by atoms with van der Waals surface area (Å²) in [7, 11) is -3.28. The van der Waals surface area contributed by atoms with Crippen molar-refractivity contribution in [3.63, 3.8) is 0 Å². The fraction of sp³-hybridized carbons (Fsp3) is 0.529. The molecule has 0 unspecified atom stereocenters. The van der Waals surface area contributed by atoms with Gasteiger partial charge in [0.15, 0.2) is 9.84 Å². The normalized spacial score (nSPS) is 23.4. The predicted molar refractivity (Wildman–Crippen MR) is 169 cm³/mol. The Hall–Kier alpha value is -3.22. The molecule has 0 spiro atoms. The maximum Gasteiger partial charge on any atom is 0.243 e. The maximum atomic E-state index is 14.5. The number of halogens is 1. The standard InChI is InChI=1S/C34H43FN4O3S.H2/c1-4-33(40)37-32-10-6-9-31(32)34(23-36,27-7-5-8-28(35)19-27)26-15-17-38(18-16-26)20-25-21-39(22-25)29-11-13-30(14-12-29)43(41,42)24(2)3;/h4-5,7-8,11-14,19,24-26,31-32H,1,6,9-10,15-18,20-22H2,2-3H3,(H,37,40);1H/t31-,32-,34-;/m0./s1. The van der Waals surface area contributed by atoms with Crippen molar-refractivity contribution in [2.75, 3.05) is 37.6 Å². The van der Waals surface area contributed by atoms with E-state index < -0.39 is 20.5 Å². The Kier molecular flexibility index (Phi) is 9.29. The van der Waals surface area contributed by atoms with Gasteiger partial charge in [-0.05, 0) is 107 Å². The number of anilines is 1. The molecule has 5 rings (SSSR count). The molecule has 9 heteroatoms. The number of nitriles is 1. The van der Waals surface area contributed by atoms with Crippen molar-refractivity contribution in [2.24, 2.45) is 17.8 Å². The van der Waals surface area contributed by atoms with E-state index in [-0.39, 0.29) is 31.0 Å². The zero-order chi connectivity index (χ0) is 30.8. The van der Waals surface area contributed by atoms with Crippen molar-refractivity contribution >= 4 is 21.4 Å². The molecule has 0 aromatic heterocycles. The Labute approximate surface area is 257 Å². The summed E-state index contributed by atoms with van der Waals surface area (Å²) in [6.07, 6.45) is 5.48. The van der Waals surface area contributed by atoms with Gasteiger partial charge in [-0.15, -0.1) is 0 Å². The van der Waals surface area contributed by atoms with Gasteiger partial charge in [0, 0.05) is 44.6 Å². The topological polar surface area (TPSA) is 93.5 Å². The van der Waals surface area contributed by atoms with Gasteiger partial charge in [-0.1, -0.05) is 25.1 Å². The van der Waals surface area contributed by atoms with E-state index in [2.05, 4.69) is 27.8 Å². The molecule has 2 aliphatic heterocycles. The van der Waals surface area contributed by atoms with Gasteiger partial charge in [-0.25, -0.2) is 12.8 Å². The zero-order valence-corrected chi connectivity index (χ0v) is 26.0. The SMILES string of the molecule is C=CC(=O)N[C@H]1CCC[C@@H]1[C@](C#N)(c1cccc(F)c1)C1CCN(CC2CN(c3ccc(S(=O)(=O)C(C)C)cc3)C2)CC1.[HH]. The number of amides is 1. The molecule has 0 radical (unpaired) electrons. The molecule has 3 atom stereocenters. The molecule has 3 fully saturated rings. The van der Waals surface area contributed by atoms with Gasteiger partial charge in [0.1, 0.15) is 5.82 Å². The maximum absolute atomic E-state index is 14.5. The summed E-state index contributed by atoms with van der Waals surface area (Å²) in [4.78, 5) is 17.4. The molecule has 3 aliphatic rings. The van der Waals surface area contributed by atoms with E-state index in [1.807, 2.05) is 18.2 Å². The van der Waals surface area contributed by atoms with Crippen LogP contribution in [0.1, 0.15) is 52.9 Å². The van der Waals surface area contributed by atoms with Gasteiger partial charge in [-0.2, -0.15) is 5.26 Å². The molecule has 2 aromatic rings. The highest BCUT2D eigenvalue weighted by atomic mass is 32.2. The third-order valence-electron chi connectivity index (χ3n) is 9.96. The fourth-order valence-electron chi connectivity index (χ4n) is 7.61. The third-order valence-corrected chi connectivity index (χ3v) is 12.1. The van der Waals surface area contributed by atoms with E-state index in [9.17, 15) is 22.9 Å². The van der Waals surface area contributed by atoms with Crippen molar-refractivity contribution in [2.45, 2.75) is 67.6 Å². The summed E-state index contributed by atoms with van der Waals surface area (Å²) in [6, 6.07) is 16.3. The van der Waals surface area contributed by atoms with Gasteiger partial charge >= 0.3 is 0 Å². The molecule has 0 bridgehead atoms. The number of nitrogens with zero attached hydrogens (tertiary/aromatic N) is 3. The molecular formula is C34H45FN4O3S. The minimum absolute atomic E-state index is 0. The Morgan fingerprint density at radius 2 is 1.86 bits per heavy atom. The van der Waals surface area contributed by atoms with E-state index in [4.69, 9.17) is 0 Å². The number of benzene rings is 2. The lowest BCUT2D eigenvalue weighted by atomic mass is 9.59. The number of hydrogen-bond donors (Lipinski definition) is 1. The van der Waals surface area contributed by atoms with Crippen LogP contribution in [-0.4, -0.2) is 63.2 Å². The first kappa shape index (κ1) is 31.2. The van der Waals surface area contributed by atoms with Gasteiger partial charge in [0.05, 0.1) is 21.6 Å². The number of nitrogens with one attached hydrogen (secondary N) is 1. The molecule has 232 valence electrons. The van der Waals surface area contributed by atoms with E-state index in [1.54, 1.807) is 32.0 Å². The molecule has 1 N–H and O–H groups in total. The van der Waals surface area contributed by atoms with Crippen LogP contribution in [0.2, 0.25) is 0 Å². The Morgan fingerprint density at radius 3 is 2.47 bits per heavy atom. The second-order valence-electron chi connectivity index (χ2n) is 12.8. The Morgan fingerprint density at radius 1 is 1.16 bits per heavy atom. The minimum atomic E-state index is -3.28. The van der Waals surface area contributed by atoms with Crippen molar-refractivity contribution in [3.8, 4) is 6.07 Å². The highest BCUT2D eigenvalue weighted by molar-refractivity contribution is 7.92. The number of carbonyl (C=O) groups excluding carboxylic acids is 1. The van der Waals surface area contributed by atoms with Crippen molar-refractivity contribution in [1.29, 1.82) is 5.26 Å². The summed E-state index contributed by atoms with van der Waals surface area (Å²) in [6.45, 7) is 11.6. The quantitative estimate of drug-likeness (QED) is 0.367. The summed E-state index contributed by atoms with van der Waals surface area (Å²) < 4.78 is 39.4. The number of sulfone groups is 1. The molecule has 43 heavy (non-hydrogen) atoms. The molecule has 2 heterocycles. The smallest absolute Gasteiger partial charge is 0.243 e. The van der Waals surface area contributed by atoms with Crippen LogP contribution >= 0.6 is 0 Å². The molecular weight excluding hydrogens is 563 g/mol. The van der Waals surface area contributed by atoms with Crippen LogP contribution in [0.3, 0.4) is 0 Å². The number of likely N-dealkylation sites (tertiary alicyclic amines) is 1. The van der Waals surface area contributed by atoms with E-state index >= 15 is 0 Å². The lowest BCUT2D eigenvalue weighted by molar-refractivity contribution is -0.117. The highest BCUT2D eigenvalue weighted by Crippen LogP contribution is 2.50. The lowest BCUT2D eigenvalue weighted by Crippen LogP contribution is -2.55. The van der Waals surface area contributed by atoms with Crippen LogP contribution in [0.4, 0.5) is 10.1 Å². The van der Waals surface area contributed by atoms with Crippen molar-refractivity contribution in [3.05, 3.63) is 72.6 Å². The molecule has 1 saturated carbocycles. The Bertz CT molecular complexity index is 1460. The molecule has 7 nitrogen and oxygen atoms in total. The van der Waals surface area contributed by atoms with E-state index in [1.165, 1.54) is 18.2 Å². The summed E-state index contributed by atoms with van der Waals surface area (Å²) in [5, 5.41) is 13.5. The van der Waals surface area contributed by atoms with Crippen LogP contribution in [0.15, 0.2) is 66.1 Å². The second kappa shape index (κ2) is 12.8. The first-order valence-corrected chi connectivity index (χ1v) is 17.0. The van der Waals surface area contributed by atoms with Crippen LogP contribution in [-0.2, 0) is 20.0 Å². The monoisotopic (exact) mass is 608 g/mol. The van der Waals surface area contributed by atoms with Crippen LogP contribution in [0, 0.1) is 34.9 Å². The van der Waals surface area contributed by atoms with Gasteiger partial charge in [0.2, 0.25) is 5.91 Å². The third kappa shape index (κ3) is 6.23. The zero-order valence-electron chi connectivity index (χ0n) is 25.2. The van der Waals surface area contributed by atoms with Gasteiger partial charge < -0.3 is 15.1 Å². The molecule has 1 aliphatic carbocycles. The van der Waals surface area contributed by atoms with Crippen LogP contribution < -0.4 is 10.2 Å². The van der Waals surface area contributed by atoms with Gasteiger partial charge in [-0.3, -0.25) is 4.79 Å². The number of piperidine rings is 1. The molecule has 2 aromatic carbocycles. The van der Waals surface area contributed by atoms with E-state index in [0.717, 1.165) is 76.1 Å². The fourth-order valence-corrected chi connectivity index (χ4v) is 8.67. The van der Waals surface area contributed by atoms with Crippen molar-refractivity contribution < 1.29 is 19.0 Å². The highest BCUT2D eigenvalue weighted by Gasteiger charge is 2.52. The molecule has 1 amide bonds. The summed E-state index contributed by atoms with van der Waals surface area (Å²) in [5.74, 6) is -0.0936. The average molecular weight is 609 g/mol. The van der Waals surface area contributed by atoms with Gasteiger partial charge in [0.25, 0.3) is 0 Å². The summed E-state index contributed by atoms with van der Waals surface area (Å²) >= 11 is 0. The van der Waals surface area contributed by atoms with Crippen LogP contribution in [0.25, 0.3) is 0 Å². The first-order valence-electron chi connectivity index (χ1n) is 15.5. The van der Waals surface area contributed by atoms with Crippen LogP contribution in [0.5, 0.6) is 0 Å².